The van der Waals surface area contributed by atoms with Crippen molar-refractivity contribution in [2.75, 3.05) is 0 Å². The summed E-state index contributed by atoms with van der Waals surface area (Å²) in [7, 11) is 0. The van der Waals surface area contributed by atoms with Crippen LogP contribution in [0.4, 0.5) is 0 Å². The Balaban J connectivity index is 2.34. The van der Waals surface area contributed by atoms with Gasteiger partial charge in [-0.15, -0.1) is 0 Å². The number of carboxylic acids is 2. The van der Waals surface area contributed by atoms with Crippen LogP contribution >= 0.6 is 0 Å². The van der Waals surface area contributed by atoms with E-state index in [2.05, 4.69) is 0 Å². The molecule has 2 rings (SSSR count). The van der Waals surface area contributed by atoms with E-state index in [0.717, 1.165) is 10.8 Å². The van der Waals surface area contributed by atoms with Crippen LogP contribution in [0.1, 0.15) is 6.42 Å². The minimum Gasteiger partial charge on any atom is -0.487 e. The molecule has 6 heteroatoms. The Morgan fingerprint density at radius 3 is 2.43 bits per heavy atom. The van der Waals surface area contributed by atoms with E-state index in [4.69, 9.17) is 20.7 Å². The number of fused-ring (bicyclic) bond motifs is 1. The average molecular weight is 289 g/mol. The Bertz CT molecular complexity index is 665. The summed E-state index contributed by atoms with van der Waals surface area (Å²) in [5, 5.41) is 19.5. The number of hydrogen-bond donors (Lipinski definition) is 3. The molecule has 2 aromatic rings. The number of carboxylic acid groups (broad SMARTS) is 2. The molecule has 0 aromatic heterocycles. The highest BCUT2D eigenvalue weighted by Crippen LogP contribution is 2.27. The molecule has 0 aliphatic carbocycles. The molecule has 0 amide bonds. The Morgan fingerprint density at radius 1 is 1.10 bits per heavy atom. The summed E-state index contributed by atoms with van der Waals surface area (Å²) >= 11 is 0. The molecule has 0 heterocycles. The fraction of sp³-hybridized carbons (Fsp3) is 0.200. The van der Waals surface area contributed by atoms with Crippen LogP contribution in [0.2, 0.25) is 0 Å². The fourth-order valence-corrected chi connectivity index (χ4v) is 2.03. The van der Waals surface area contributed by atoms with Crippen molar-refractivity contribution in [1.82, 2.24) is 0 Å². The standard InChI is InChI=1S/C15H15NO5/c16-14(15(19)20)12(8-13(17)18)21-11-7-3-5-9-4-1-2-6-10(9)11/h1-7,12,14H,8,16H2,(H,17,18)(H,19,20)/t12?,14-/m0/s1. The second kappa shape index (κ2) is 6.23. The molecule has 0 saturated heterocycles. The number of nitrogens with two attached hydrogens (primary N) is 1. The van der Waals surface area contributed by atoms with Gasteiger partial charge < -0.3 is 20.7 Å². The van der Waals surface area contributed by atoms with Crippen molar-refractivity contribution in [1.29, 1.82) is 0 Å². The molecule has 0 bridgehead atoms. The highest BCUT2D eigenvalue weighted by molar-refractivity contribution is 5.88. The van der Waals surface area contributed by atoms with Crippen molar-refractivity contribution in [3.05, 3.63) is 42.5 Å². The van der Waals surface area contributed by atoms with Crippen LogP contribution in [-0.4, -0.2) is 34.3 Å². The first-order valence-electron chi connectivity index (χ1n) is 6.33. The molecule has 1 unspecified atom stereocenters. The molecule has 0 radical (unpaired) electrons. The average Bonchev–Trinajstić information content (AvgIpc) is 2.45. The van der Waals surface area contributed by atoms with Crippen molar-refractivity contribution in [2.45, 2.75) is 18.6 Å². The predicted octanol–water partition coefficient (Wildman–Crippen LogP) is 1.47. The lowest BCUT2D eigenvalue weighted by Gasteiger charge is -2.21. The van der Waals surface area contributed by atoms with Crippen LogP contribution in [0.5, 0.6) is 5.75 Å². The first kappa shape index (κ1) is 14.8. The van der Waals surface area contributed by atoms with Crippen LogP contribution in [0.3, 0.4) is 0 Å². The van der Waals surface area contributed by atoms with Crippen molar-refractivity contribution < 1.29 is 24.5 Å². The number of rotatable bonds is 6. The summed E-state index contributed by atoms with van der Waals surface area (Å²) in [5.74, 6) is -2.06. The van der Waals surface area contributed by atoms with Crippen molar-refractivity contribution in [3.8, 4) is 5.75 Å². The Labute approximate surface area is 120 Å². The minimum atomic E-state index is -1.42. The summed E-state index contributed by atoms with van der Waals surface area (Å²) in [4.78, 5) is 21.8. The highest BCUT2D eigenvalue weighted by Gasteiger charge is 2.28. The second-order valence-corrected chi connectivity index (χ2v) is 4.60. The largest absolute Gasteiger partial charge is 0.487 e. The summed E-state index contributed by atoms with van der Waals surface area (Å²) in [6.45, 7) is 0. The zero-order chi connectivity index (χ0) is 15.4. The molecule has 110 valence electrons. The van der Waals surface area contributed by atoms with Crippen molar-refractivity contribution >= 4 is 22.7 Å². The predicted molar refractivity (Wildman–Crippen MR) is 76.2 cm³/mol. The summed E-state index contributed by atoms with van der Waals surface area (Å²) in [6, 6.07) is 11.3. The lowest BCUT2D eigenvalue weighted by molar-refractivity contribution is -0.143. The normalized spacial score (nSPS) is 13.6. The fourth-order valence-electron chi connectivity index (χ4n) is 2.03. The van der Waals surface area contributed by atoms with Gasteiger partial charge in [-0.2, -0.15) is 0 Å². The van der Waals surface area contributed by atoms with Gasteiger partial charge in [0, 0.05) is 5.39 Å². The molecule has 21 heavy (non-hydrogen) atoms. The highest BCUT2D eigenvalue weighted by atomic mass is 16.5. The van der Waals surface area contributed by atoms with Crippen molar-refractivity contribution in [3.63, 3.8) is 0 Å². The lowest BCUT2D eigenvalue weighted by Crippen LogP contribution is -2.46. The van der Waals surface area contributed by atoms with E-state index in [9.17, 15) is 9.59 Å². The third-order valence-electron chi connectivity index (χ3n) is 3.09. The molecular weight excluding hydrogens is 274 g/mol. The lowest BCUT2D eigenvalue weighted by atomic mass is 10.1. The SMILES string of the molecule is N[C@H](C(=O)O)C(CC(=O)O)Oc1cccc2ccccc12. The smallest absolute Gasteiger partial charge is 0.324 e. The van der Waals surface area contributed by atoms with Gasteiger partial charge in [0.15, 0.2) is 0 Å². The first-order valence-corrected chi connectivity index (χ1v) is 6.33. The van der Waals surface area contributed by atoms with Crippen LogP contribution in [0, 0.1) is 0 Å². The molecule has 4 N–H and O–H groups in total. The molecule has 0 aliphatic heterocycles. The van der Waals surface area contributed by atoms with E-state index in [1.807, 2.05) is 30.3 Å². The van der Waals surface area contributed by atoms with E-state index in [1.165, 1.54) is 0 Å². The monoisotopic (exact) mass is 289 g/mol. The van der Waals surface area contributed by atoms with Crippen LogP contribution < -0.4 is 10.5 Å². The van der Waals surface area contributed by atoms with Crippen LogP contribution in [0.15, 0.2) is 42.5 Å². The summed E-state index contributed by atoms with van der Waals surface area (Å²) in [5.41, 5.74) is 5.51. The van der Waals surface area contributed by atoms with E-state index in [0.29, 0.717) is 5.75 Å². The van der Waals surface area contributed by atoms with Crippen LogP contribution in [-0.2, 0) is 9.59 Å². The maximum absolute atomic E-state index is 11.0. The topological polar surface area (TPSA) is 110 Å². The molecule has 0 saturated carbocycles. The van der Waals surface area contributed by atoms with E-state index >= 15 is 0 Å². The van der Waals surface area contributed by atoms with Gasteiger partial charge in [0.2, 0.25) is 0 Å². The third kappa shape index (κ3) is 3.49. The minimum absolute atomic E-state index is 0.413. The molecule has 6 nitrogen and oxygen atoms in total. The van der Waals surface area contributed by atoms with E-state index in [-0.39, 0.29) is 0 Å². The second-order valence-electron chi connectivity index (χ2n) is 4.60. The van der Waals surface area contributed by atoms with Gasteiger partial charge in [-0.05, 0) is 11.5 Å². The van der Waals surface area contributed by atoms with Gasteiger partial charge >= 0.3 is 11.9 Å². The van der Waals surface area contributed by atoms with Gasteiger partial charge in [0.05, 0.1) is 6.42 Å². The Morgan fingerprint density at radius 2 is 1.76 bits per heavy atom. The molecule has 0 spiro atoms. The molecular formula is C15H15NO5. The maximum Gasteiger partial charge on any atom is 0.324 e. The number of carbonyl (C=O) groups is 2. The molecule has 0 aliphatic rings. The maximum atomic E-state index is 11.0. The number of ether oxygens (including phenoxy) is 1. The number of aliphatic carboxylic acids is 2. The van der Waals surface area contributed by atoms with Gasteiger partial charge in [-0.1, -0.05) is 36.4 Å². The van der Waals surface area contributed by atoms with E-state index < -0.39 is 30.5 Å². The number of hydrogen-bond acceptors (Lipinski definition) is 4. The van der Waals surface area contributed by atoms with Gasteiger partial charge in [0.25, 0.3) is 0 Å². The Hall–Kier alpha value is -2.60. The van der Waals surface area contributed by atoms with Gasteiger partial charge in [-0.25, -0.2) is 0 Å². The molecule has 2 atom stereocenters. The molecule has 2 aromatic carbocycles. The zero-order valence-corrected chi connectivity index (χ0v) is 11.1. The summed E-state index contributed by atoms with van der Waals surface area (Å²) < 4.78 is 5.58. The van der Waals surface area contributed by atoms with E-state index in [1.54, 1.807) is 12.1 Å². The van der Waals surface area contributed by atoms with Crippen molar-refractivity contribution in [2.24, 2.45) is 5.73 Å². The Kier molecular flexibility index (Phi) is 4.39. The first-order chi connectivity index (χ1) is 9.99. The zero-order valence-electron chi connectivity index (χ0n) is 11.1. The third-order valence-corrected chi connectivity index (χ3v) is 3.09. The quantitative estimate of drug-likeness (QED) is 0.743. The van der Waals surface area contributed by atoms with Gasteiger partial charge in [-0.3, -0.25) is 9.59 Å². The van der Waals surface area contributed by atoms with Crippen LogP contribution in [0.25, 0.3) is 10.8 Å². The van der Waals surface area contributed by atoms with Gasteiger partial charge in [0.1, 0.15) is 17.9 Å². The number of benzene rings is 2. The molecule has 0 fully saturated rings. The summed E-state index contributed by atoms with van der Waals surface area (Å²) in [6.07, 6.45) is -1.64.